The summed E-state index contributed by atoms with van der Waals surface area (Å²) in [6.07, 6.45) is 0.862. The lowest BCUT2D eigenvalue weighted by molar-refractivity contribution is 0.415. The quantitative estimate of drug-likeness (QED) is 0.861. The third-order valence-electron chi connectivity index (χ3n) is 3.02. The molecule has 0 aliphatic heterocycles. The molecule has 0 aliphatic carbocycles. The van der Waals surface area contributed by atoms with E-state index in [0.29, 0.717) is 17.9 Å². The van der Waals surface area contributed by atoms with E-state index in [0.717, 1.165) is 23.4 Å². The summed E-state index contributed by atoms with van der Waals surface area (Å²) in [4.78, 5) is 12.1. The van der Waals surface area contributed by atoms with Crippen LogP contribution in [0, 0.1) is 0 Å². The molecule has 0 fully saturated rings. The number of ether oxygens (including phenoxy) is 1. The molecular formula is C15H18N2O2S. The summed E-state index contributed by atoms with van der Waals surface area (Å²) >= 11 is 4.23. The lowest BCUT2D eigenvalue weighted by atomic mass is 10.1. The first-order chi connectivity index (χ1) is 9.69. The van der Waals surface area contributed by atoms with Crippen molar-refractivity contribution in [2.75, 3.05) is 7.11 Å². The zero-order chi connectivity index (χ0) is 14.5. The van der Waals surface area contributed by atoms with Crippen molar-refractivity contribution in [1.82, 2.24) is 9.78 Å². The van der Waals surface area contributed by atoms with Crippen molar-refractivity contribution in [3.8, 4) is 17.0 Å². The molecule has 0 unspecified atom stereocenters. The number of hydrogen-bond donors (Lipinski definition) is 1. The minimum Gasteiger partial charge on any atom is -0.497 e. The van der Waals surface area contributed by atoms with Crippen LogP contribution in [0.4, 0.5) is 0 Å². The molecule has 1 aromatic carbocycles. The standard InChI is InChI=1S/C15H18N2O2S/c1-3-7-17-15(18)12(10-20)9-14(16-17)11-5-4-6-13(8-11)19-2/h4-6,8-9,20H,3,7,10H2,1-2H3. The molecule has 0 amide bonds. The van der Waals surface area contributed by atoms with Gasteiger partial charge in [0, 0.05) is 23.4 Å². The second-order valence-corrected chi connectivity index (χ2v) is 4.79. The predicted octanol–water partition coefficient (Wildman–Crippen LogP) is 2.76. The maximum atomic E-state index is 12.1. The van der Waals surface area contributed by atoms with Crippen LogP contribution in [0.15, 0.2) is 35.1 Å². The molecule has 0 N–H and O–H groups in total. The molecule has 0 saturated heterocycles. The van der Waals surface area contributed by atoms with E-state index in [1.54, 1.807) is 13.2 Å². The lowest BCUT2D eigenvalue weighted by Crippen LogP contribution is -2.26. The van der Waals surface area contributed by atoms with Gasteiger partial charge in [0.25, 0.3) is 5.56 Å². The average molecular weight is 290 g/mol. The molecule has 2 aromatic rings. The normalized spacial score (nSPS) is 10.6. The van der Waals surface area contributed by atoms with Gasteiger partial charge in [-0.25, -0.2) is 4.68 Å². The van der Waals surface area contributed by atoms with Gasteiger partial charge in [-0.3, -0.25) is 4.79 Å². The molecular weight excluding hydrogens is 272 g/mol. The monoisotopic (exact) mass is 290 g/mol. The first kappa shape index (κ1) is 14.7. The summed E-state index contributed by atoms with van der Waals surface area (Å²) < 4.78 is 6.74. The van der Waals surface area contributed by atoms with E-state index in [9.17, 15) is 4.79 Å². The Morgan fingerprint density at radius 2 is 2.15 bits per heavy atom. The van der Waals surface area contributed by atoms with Crippen LogP contribution < -0.4 is 10.3 Å². The topological polar surface area (TPSA) is 44.1 Å². The van der Waals surface area contributed by atoms with Crippen molar-refractivity contribution in [3.63, 3.8) is 0 Å². The highest BCUT2D eigenvalue weighted by Crippen LogP contribution is 2.22. The number of methoxy groups -OCH3 is 1. The third-order valence-corrected chi connectivity index (χ3v) is 3.36. The van der Waals surface area contributed by atoms with Gasteiger partial charge in [0.05, 0.1) is 12.8 Å². The maximum absolute atomic E-state index is 12.1. The van der Waals surface area contributed by atoms with Gasteiger partial charge in [-0.1, -0.05) is 19.1 Å². The molecule has 0 saturated carbocycles. The van der Waals surface area contributed by atoms with Crippen molar-refractivity contribution in [1.29, 1.82) is 0 Å². The van der Waals surface area contributed by atoms with Gasteiger partial charge >= 0.3 is 0 Å². The van der Waals surface area contributed by atoms with Gasteiger partial charge < -0.3 is 4.74 Å². The van der Waals surface area contributed by atoms with Crippen LogP contribution >= 0.6 is 12.6 Å². The Morgan fingerprint density at radius 1 is 1.35 bits per heavy atom. The fourth-order valence-electron chi connectivity index (χ4n) is 2.00. The second-order valence-electron chi connectivity index (χ2n) is 4.47. The Labute approximate surface area is 123 Å². The van der Waals surface area contributed by atoms with E-state index < -0.39 is 0 Å². The van der Waals surface area contributed by atoms with Gasteiger partial charge in [0.15, 0.2) is 0 Å². The first-order valence-corrected chi connectivity index (χ1v) is 7.19. The maximum Gasteiger partial charge on any atom is 0.270 e. The third kappa shape index (κ3) is 3.04. The average Bonchev–Trinajstić information content (AvgIpc) is 2.49. The summed E-state index contributed by atoms with van der Waals surface area (Å²) in [6, 6.07) is 9.45. The van der Waals surface area contributed by atoms with Crippen molar-refractivity contribution in [2.45, 2.75) is 25.6 Å². The number of hydrogen-bond acceptors (Lipinski definition) is 4. The Balaban J connectivity index is 2.55. The molecule has 0 bridgehead atoms. The van der Waals surface area contributed by atoms with Crippen LogP contribution in [0.5, 0.6) is 5.75 Å². The summed E-state index contributed by atoms with van der Waals surface area (Å²) in [6.45, 7) is 2.63. The van der Waals surface area contributed by atoms with Gasteiger partial charge in [0.1, 0.15) is 5.75 Å². The Hall–Kier alpha value is -1.75. The molecule has 5 heteroatoms. The fourth-order valence-corrected chi connectivity index (χ4v) is 2.22. The summed E-state index contributed by atoms with van der Waals surface area (Å²) in [5, 5.41) is 4.43. The van der Waals surface area contributed by atoms with Crippen LogP contribution in [0.2, 0.25) is 0 Å². The first-order valence-electron chi connectivity index (χ1n) is 6.56. The van der Waals surface area contributed by atoms with Crippen molar-refractivity contribution >= 4 is 12.6 Å². The molecule has 0 aliphatic rings. The van der Waals surface area contributed by atoms with E-state index >= 15 is 0 Å². The van der Waals surface area contributed by atoms with Crippen LogP contribution in [-0.4, -0.2) is 16.9 Å². The largest absolute Gasteiger partial charge is 0.497 e. The Kier molecular flexibility index (Phi) is 4.84. The van der Waals surface area contributed by atoms with Crippen LogP contribution in [0.1, 0.15) is 18.9 Å². The van der Waals surface area contributed by atoms with Gasteiger partial charge in [-0.15, -0.1) is 0 Å². The number of rotatable bonds is 5. The Morgan fingerprint density at radius 3 is 2.80 bits per heavy atom. The summed E-state index contributed by atoms with van der Waals surface area (Å²) in [5.41, 5.74) is 2.29. The molecule has 1 aromatic heterocycles. The fraction of sp³-hybridized carbons (Fsp3) is 0.333. The zero-order valence-electron chi connectivity index (χ0n) is 11.7. The van der Waals surface area contributed by atoms with E-state index in [4.69, 9.17) is 4.74 Å². The number of nitrogens with zero attached hydrogens (tertiary/aromatic N) is 2. The van der Waals surface area contributed by atoms with Crippen molar-refractivity contribution < 1.29 is 4.74 Å². The predicted molar refractivity (Wildman–Crippen MR) is 83.5 cm³/mol. The van der Waals surface area contributed by atoms with Crippen LogP contribution in [-0.2, 0) is 12.3 Å². The Bertz CT molecular complexity index is 653. The summed E-state index contributed by atoms with van der Waals surface area (Å²) in [5.74, 6) is 1.17. The molecule has 4 nitrogen and oxygen atoms in total. The minimum atomic E-state index is -0.0616. The second kappa shape index (κ2) is 6.61. The van der Waals surface area contributed by atoms with E-state index in [-0.39, 0.29) is 5.56 Å². The molecule has 1 heterocycles. The van der Waals surface area contributed by atoms with E-state index in [1.165, 1.54) is 4.68 Å². The van der Waals surface area contributed by atoms with Crippen molar-refractivity contribution in [2.24, 2.45) is 0 Å². The SMILES string of the molecule is CCCn1nc(-c2cccc(OC)c2)cc(CS)c1=O. The molecule has 106 valence electrons. The molecule has 2 rings (SSSR count). The number of thiol groups is 1. The highest BCUT2D eigenvalue weighted by atomic mass is 32.1. The molecule has 0 radical (unpaired) electrons. The van der Waals surface area contributed by atoms with Gasteiger partial charge in [0.2, 0.25) is 0 Å². The smallest absolute Gasteiger partial charge is 0.270 e. The molecule has 20 heavy (non-hydrogen) atoms. The van der Waals surface area contributed by atoms with Crippen molar-refractivity contribution in [3.05, 3.63) is 46.2 Å². The molecule has 0 atom stereocenters. The minimum absolute atomic E-state index is 0.0616. The lowest BCUT2D eigenvalue weighted by Gasteiger charge is -2.10. The number of aromatic nitrogens is 2. The van der Waals surface area contributed by atoms with Gasteiger partial charge in [-0.05, 0) is 24.6 Å². The van der Waals surface area contributed by atoms with Crippen LogP contribution in [0.3, 0.4) is 0 Å². The van der Waals surface area contributed by atoms with Gasteiger partial charge in [-0.2, -0.15) is 17.7 Å². The highest BCUT2D eigenvalue weighted by molar-refractivity contribution is 7.79. The van der Waals surface area contributed by atoms with E-state index in [1.807, 2.05) is 31.2 Å². The highest BCUT2D eigenvalue weighted by Gasteiger charge is 2.09. The van der Waals surface area contributed by atoms with E-state index in [2.05, 4.69) is 17.7 Å². The summed E-state index contributed by atoms with van der Waals surface area (Å²) in [7, 11) is 1.63. The van der Waals surface area contributed by atoms with Crippen LogP contribution in [0.25, 0.3) is 11.3 Å². The zero-order valence-corrected chi connectivity index (χ0v) is 12.6. The number of aryl methyl sites for hydroxylation is 1. The molecule has 0 spiro atoms. The number of benzene rings is 1.